The lowest BCUT2D eigenvalue weighted by atomic mass is 9.97. The Morgan fingerprint density at radius 3 is 2.60 bits per heavy atom. The third-order valence-corrected chi connectivity index (χ3v) is 3.96. The molecule has 1 aliphatic rings. The first-order valence-corrected chi connectivity index (χ1v) is 6.93. The predicted molar refractivity (Wildman–Crippen MR) is 68.1 cm³/mol. The summed E-state index contributed by atoms with van der Waals surface area (Å²) in [5.41, 5.74) is 0.703. The van der Waals surface area contributed by atoms with E-state index in [-0.39, 0.29) is 0 Å². The summed E-state index contributed by atoms with van der Waals surface area (Å²) in [4.78, 5) is 0. The zero-order valence-corrected chi connectivity index (χ0v) is 10.9. The van der Waals surface area contributed by atoms with Crippen LogP contribution in [0.25, 0.3) is 0 Å². The molecule has 0 aromatic carbocycles. The highest BCUT2D eigenvalue weighted by Crippen LogP contribution is 2.55. The molecule has 90 valence electrons. The average Bonchev–Trinajstić information content (AvgIpc) is 2.86. The van der Waals surface area contributed by atoms with E-state index in [1.165, 1.54) is 58.0 Å². The molecule has 1 fully saturated rings. The molecule has 2 atom stereocenters. The van der Waals surface area contributed by atoms with Crippen molar-refractivity contribution in [2.45, 2.75) is 65.7 Å². The maximum Gasteiger partial charge on any atom is -0.00151 e. The van der Waals surface area contributed by atoms with Crippen LogP contribution in [-0.4, -0.2) is 13.1 Å². The Hall–Kier alpha value is -0.0400. The van der Waals surface area contributed by atoms with E-state index in [9.17, 15) is 0 Å². The fraction of sp³-hybridized carbons (Fsp3) is 1.00. The summed E-state index contributed by atoms with van der Waals surface area (Å²) in [6, 6.07) is 0. The Morgan fingerprint density at radius 1 is 1.13 bits per heavy atom. The molecule has 1 saturated carbocycles. The van der Waals surface area contributed by atoms with E-state index in [4.69, 9.17) is 0 Å². The van der Waals surface area contributed by atoms with Crippen LogP contribution in [0.3, 0.4) is 0 Å². The first kappa shape index (κ1) is 13.0. The normalized spacial score (nSPS) is 29.4. The molecule has 1 nitrogen and oxygen atoms in total. The van der Waals surface area contributed by atoms with E-state index in [1.54, 1.807) is 0 Å². The lowest BCUT2D eigenvalue weighted by Crippen LogP contribution is -2.19. The van der Waals surface area contributed by atoms with E-state index in [0.29, 0.717) is 5.41 Å². The molecule has 0 saturated heterocycles. The Morgan fingerprint density at radius 2 is 1.93 bits per heavy atom. The van der Waals surface area contributed by atoms with E-state index in [1.807, 2.05) is 0 Å². The second-order valence-electron chi connectivity index (χ2n) is 5.57. The van der Waals surface area contributed by atoms with Gasteiger partial charge in [0, 0.05) is 0 Å². The van der Waals surface area contributed by atoms with Gasteiger partial charge < -0.3 is 5.32 Å². The highest BCUT2D eigenvalue weighted by molar-refractivity contribution is 4.99. The SMILES string of the molecule is CCCCCCC1(C)CC1CNCCC. The van der Waals surface area contributed by atoms with Crippen molar-refractivity contribution in [3.8, 4) is 0 Å². The van der Waals surface area contributed by atoms with Crippen LogP contribution in [0.15, 0.2) is 0 Å². The van der Waals surface area contributed by atoms with E-state index >= 15 is 0 Å². The molecule has 0 aliphatic heterocycles. The smallest absolute Gasteiger partial charge is 0.00151 e. The van der Waals surface area contributed by atoms with Crippen molar-refractivity contribution < 1.29 is 0 Å². The van der Waals surface area contributed by atoms with Gasteiger partial charge in [0.1, 0.15) is 0 Å². The van der Waals surface area contributed by atoms with Crippen molar-refractivity contribution in [2.24, 2.45) is 11.3 Å². The molecule has 0 amide bonds. The van der Waals surface area contributed by atoms with Gasteiger partial charge >= 0.3 is 0 Å². The largest absolute Gasteiger partial charge is 0.316 e. The minimum atomic E-state index is 0.703. The van der Waals surface area contributed by atoms with Gasteiger partial charge in [-0.05, 0) is 43.7 Å². The first-order chi connectivity index (χ1) is 7.23. The average molecular weight is 211 g/mol. The molecule has 1 aliphatic carbocycles. The highest BCUT2D eigenvalue weighted by atomic mass is 14.9. The summed E-state index contributed by atoms with van der Waals surface area (Å²) in [5, 5.41) is 3.55. The van der Waals surface area contributed by atoms with Crippen molar-refractivity contribution in [1.29, 1.82) is 0 Å². The molecule has 15 heavy (non-hydrogen) atoms. The Bertz CT molecular complexity index is 167. The second-order valence-corrected chi connectivity index (χ2v) is 5.57. The number of rotatable bonds is 9. The zero-order valence-electron chi connectivity index (χ0n) is 10.9. The number of nitrogens with one attached hydrogen (secondary N) is 1. The monoisotopic (exact) mass is 211 g/mol. The molecule has 2 unspecified atom stereocenters. The van der Waals surface area contributed by atoms with Crippen molar-refractivity contribution in [3.63, 3.8) is 0 Å². The molecule has 0 bridgehead atoms. The molecule has 0 radical (unpaired) electrons. The standard InChI is InChI=1S/C14H29N/c1-4-6-7-8-9-14(3)11-13(14)12-15-10-5-2/h13,15H,4-12H2,1-3H3. The first-order valence-electron chi connectivity index (χ1n) is 6.93. The van der Waals surface area contributed by atoms with Crippen molar-refractivity contribution in [1.82, 2.24) is 5.32 Å². The van der Waals surface area contributed by atoms with Crippen LogP contribution < -0.4 is 5.32 Å². The van der Waals surface area contributed by atoms with Crippen LogP contribution >= 0.6 is 0 Å². The van der Waals surface area contributed by atoms with Crippen molar-refractivity contribution in [3.05, 3.63) is 0 Å². The zero-order chi connectivity index (χ0) is 11.1. The van der Waals surface area contributed by atoms with E-state index in [2.05, 4.69) is 26.1 Å². The van der Waals surface area contributed by atoms with Gasteiger partial charge in [0.2, 0.25) is 0 Å². The Balaban J connectivity index is 2.00. The summed E-state index contributed by atoms with van der Waals surface area (Å²) in [5.74, 6) is 0.977. The number of hydrogen-bond donors (Lipinski definition) is 1. The topological polar surface area (TPSA) is 12.0 Å². The van der Waals surface area contributed by atoms with Gasteiger partial charge in [-0.3, -0.25) is 0 Å². The lowest BCUT2D eigenvalue weighted by molar-refractivity contribution is 0.420. The van der Waals surface area contributed by atoms with E-state index in [0.717, 1.165) is 5.92 Å². The minimum absolute atomic E-state index is 0.703. The van der Waals surface area contributed by atoms with Gasteiger partial charge in [0.25, 0.3) is 0 Å². The molecular weight excluding hydrogens is 182 g/mol. The summed E-state index contributed by atoms with van der Waals surface area (Å²) in [7, 11) is 0. The molecular formula is C14H29N. The number of hydrogen-bond acceptors (Lipinski definition) is 1. The Labute approximate surface area is 96.0 Å². The summed E-state index contributed by atoms with van der Waals surface area (Å²) >= 11 is 0. The summed E-state index contributed by atoms with van der Waals surface area (Å²) in [6.07, 6.45) is 9.88. The van der Waals surface area contributed by atoms with Crippen LogP contribution in [0.4, 0.5) is 0 Å². The molecule has 0 spiro atoms. The van der Waals surface area contributed by atoms with Crippen LogP contribution in [-0.2, 0) is 0 Å². The van der Waals surface area contributed by atoms with Crippen LogP contribution in [0.2, 0.25) is 0 Å². The highest BCUT2D eigenvalue weighted by Gasteiger charge is 2.48. The van der Waals surface area contributed by atoms with Crippen LogP contribution in [0, 0.1) is 11.3 Å². The quantitative estimate of drug-likeness (QED) is 0.569. The molecule has 1 rings (SSSR count). The summed E-state index contributed by atoms with van der Waals surface area (Å²) < 4.78 is 0. The third kappa shape index (κ3) is 4.55. The lowest BCUT2D eigenvalue weighted by Gasteiger charge is -2.11. The van der Waals surface area contributed by atoms with Gasteiger partial charge in [0.05, 0.1) is 0 Å². The Kier molecular flexibility index (Phi) is 5.66. The van der Waals surface area contributed by atoms with Gasteiger partial charge in [-0.15, -0.1) is 0 Å². The molecule has 1 N–H and O–H groups in total. The number of unbranched alkanes of at least 4 members (excludes halogenated alkanes) is 3. The predicted octanol–water partition coefficient (Wildman–Crippen LogP) is 3.98. The third-order valence-electron chi connectivity index (χ3n) is 3.96. The molecule has 0 heterocycles. The van der Waals surface area contributed by atoms with Gasteiger partial charge in [-0.25, -0.2) is 0 Å². The maximum absolute atomic E-state index is 3.55. The fourth-order valence-corrected chi connectivity index (χ4v) is 2.54. The van der Waals surface area contributed by atoms with E-state index < -0.39 is 0 Å². The maximum atomic E-state index is 3.55. The molecule has 0 aromatic heterocycles. The van der Waals surface area contributed by atoms with Gasteiger partial charge in [-0.1, -0.05) is 46.5 Å². The second kappa shape index (κ2) is 6.52. The van der Waals surface area contributed by atoms with Gasteiger partial charge in [-0.2, -0.15) is 0 Å². The molecule has 1 heteroatoms. The van der Waals surface area contributed by atoms with Crippen molar-refractivity contribution >= 4 is 0 Å². The summed E-state index contributed by atoms with van der Waals surface area (Å²) in [6.45, 7) is 9.47. The van der Waals surface area contributed by atoms with Crippen LogP contribution in [0.5, 0.6) is 0 Å². The fourth-order valence-electron chi connectivity index (χ4n) is 2.54. The molecule has 0 aromatic rings. The van der Waals surface area contributed by atoms with Crippen LogP contribution in [0.1, 0.15) is 65.7 Å². The van der Waals surface area contributed by atoms with Gasteiger partial charge in [0.15, 0.2) is 0 Å². The minimum Gasteiger partial charge on any atom is -0.316 e. The van der Waals surface area contributed by atoms with Crippen molar-refractivity contribution in [2.75, 3.05) is 13.1 Å².